The van der Waals surface area contributed by atoms with Crippen LogP contribution in [0, 0.1) is 11.6 Å². The molecule has 0 atom stereocenters. The Labute approximate surface area is 195 Å². The number of aromatic nitrogens is 3. The summed E-state index contributed by atoms with van der Waals surface area (Å²) in [6, 6.07) is 13.5. The molecule has 1 aliphatic rings. The smallest absolute Gasteiger partial charge is 0.252 e. The van der Waals surface area contributed by atoms with Gasteiger partial charge >= 0.3 is 0 Å². The minimum atomic E-state index is -0.365. The number of benzene rings is 2. The topological polar surface area (TPSA) is 71.0 Å². The maximum atomic E-state index is 13.5. The highest BCUT2D eigenvalue weighted by atomic mass is 19.1. The number of rotatable bonds is 6. The maximum absolute atomic E-state index is 13.5. The SMILES string of the molecule is O=C(NCCN1CCCC1)c1cnc2nc(-c3ccc(F)cc3)c(-c3ccc(F)cc3)nc2c1. The second-order valence-electron chi connectivity index (χ2n) is 8.31. The number of nitrogens with zero attached hydrogens (tertiary/aromatic N) is 4. The van der Waals surface area contributed by atoms with E-state index >= 15 is 0 Å². The van der Waals surface area contributed by atoms with E-state index in [4.69, 9.17) is 4.98 Å². The predicted molar refractivity (Wildman–Crippen MR) is 126 cm³/mol. The van der Waals surface area contributed by atoms with Gasteiger partial charge in [0.1, 0.15) is 17.2 Å². The summed E-state index contributed by atoms with van der Waals surface area (Å²) in [7, 11) is 0. The molecule has 2 aromatic carbocycles. The van der Waals surface area contributed by atoms with Crippen LogP contribution in [0.1, 0.15) is 23.2 Å². The zero-order valence-electron chi connectivity index (χ0n) is 18.5. The number of hydrogen-bond acceptors (Lipinski definition) is 5. The first kappa shape index (κ1) is 22.0. The average Bonchev–Trinajstić information content (AvgIpc) is 3.37. The van der Waals surface area contributed by atoms with Crippen molar-refractivity contribution in [3.8, 4) is 22.5 Å². The van der Waals surface area contributed by atoms with Crippen LogP contribution in [0.4, 0.5) is 8.78 Å². The number of nitrogens with one attached hydrogen (secondary N) is 1. The number of carbonyl (C=O) groups is 1. The molecule has 0 saturated carbocycles. The normalized spacial score (nSPS) is 13.9. The molecular weight excluding hydrogens is 436 g/mol. The van der Waals surface area contributed by atoms with Crippen molar-refractivity contribution in [1.29, 1.82) is 0 Å². The van der Waals surface area contributed by atoms with Gasteiger partial charge in [0.05, 0.1) is 17.0 Å². The van der Waals surface area contributed by atoms with Crippen molar-refractivity contribution in [2.24, 2.45) is 0 Å². The Bertz CT molecular complexity index is 1320. The fraction of sp³-hybridized carbons (Fsp3) is 0.231. The van der Waals surface area contributed by atoms with Gasteiger partial charge in [0.2, 0.25) is 0 Å². The monoisotopic (exact) mass is 459 g/mol. The molecule has 4 aromatic rings. The Balaban J connectivity index is 1.48. The molecule has 1 fully saturated rings. The van der Waals surface area contributed by atoms with Gasteiger partial charge in [-0.3, -0.25) is 4.79 Å². The number of carbonyl (C=O) groups excluding carboxylic acids is 1. The van der Waals surface area contributed by atoms with Crippen LogP contribution in [-0.2, 0) is 0 Å². The molecule has 1 N–H and O–H groups in total. The number of amides is 1. The van der Waals surface area contributed by atoms with E-state index in [1.165, 1.54) is 43.3 Å². The van der Waals surface area contributed by atoms with E-state index in [0.29, 0.717) is 45.8 Å². The largest absolute Gasteiger partial charge is 0.351 e. The van der Waals surface area contributed by atoms with Crippen molar-refractivity contribution < 1.29 is 13.6 Å². The lowest BCUT2D eigenvalue weighted by Gasteiger charge is -2.14. The van der Waals surface area contributed by atoms with Gasteiger partial charge in [-0.15, -0.1) is 0 Å². The Morgan fingerprint density at radius 1 is 0.882 bits per heavy atom. The van der Waals surface area contributed by atoms with E-state index in [1.54, 1.807) is 30.3 Å². The van der Waals surface area contributed by atoms with Gasteiger partial charge in [0, 0.05) is 30.4 Å². The standard InChI is InChI=1S/C26H23F2N5O/c27-20-7-3-17(4-8-20)23-24(18-5-9-21(28)10-6-18)32-25-22(31-23)15-19(16-30-25)26(34)29-11-14-33-12-1-2-13-33/h3-10,15-16H,1-2,11-14H2,(H,29,34). The summed E-state index contributed by atoms with van der Waals surface area (Å²) in [6.07, 6.45) is 3.89. The number of pyridine rings is 1. The van der Waals surface area contributed by atoms with Crippen molar-refractivity contribution >= 4 is 17.1 Å². The third-order valence-corrected chi connectivity index (χ3v) is 5.93. The quantitative estimate of drug-likeness (QED) is 0.461. The summed E-state index contributed by atoms with van der Waals surface area (Å²) < 4.78 is 27.0. The van der Waals surface area contributed by atoms with Crippen molar-refractivity contribution in [2.75, 3.05) is 26.2 Å². The van der Waals surface area contributed by atoms with Crippen molar-refractivity contribution in [1.82, 2.24) is 25.2 Å². The molecule has 0 aliphatic carbocycles. The summed E-state index contributed by atoms with van der Waals surface area (Å²) >= 11 is 0. The summed E-state index contributed by atoms with van der Waals surface area (Å²) in [5.41, 5.74) is 3.48. The van der Waals surface area contributed by atoms with Crippen LogP contribution in [0.5, 0.6) is 0 Å². The van der Waals surface area contributed by atoms with Gasteiger partial charge < -0.3 is 10.2 Å². The van der Waals surface area contributed by atoms with Crippen LogP contribution >= 0.6 is 0 Å². The highest BCUT2D eigenvalue weighted by Crippen LogP contribution is 2.31. The second kappa shape index (κ2) is 9.61. The Kier molecular flexibility index (Phi) is 6.22. The van der Waals surface area contributed by atoms with E-state index in [1.807, 2.05) is 0 Å². The van der Waals surface area contributed by atoms with Crippen molar-refractivity contribution in [3.63, 3.8) is 0 Å². The van der Waals surface area contributed by atoms with E-state index in [0.717, 1.165) is 19.6 Å². The van der Waals surface area contributed by atoms with Crippen LogP contribution in [0.2, 0.25) is 0 Å². The van der Waals surface area contributed by atoms with Crippen molar-refractivity contribution in [2.45, 2.75) is 12.8 Å². The van der Waals surface area contributed by atoms with Gasteiger partial charge in [0.15, 0.2) is 5.65 Å². The summed E-state index contributed by atoms with van der Waals surface area (Å²) in [6.45, 7) is 3.53. The first-order chi connectivity index (χ1) is 16.6. The molecule has 8 heteroatoms. The third kappa shape index (κ3) is 4.77. The molecule has 0 spiro atoms. The average molecular weight is 460 g/mol. The highest BCUT2D eigenvalue weighted by molar-refractivity contribution is 5.97. The first-order valence-corrected chi connectivity index (χ1v) is 11.3. The van der Waals surface area contributed by atoms with Crippen LogP contribution in [-0.4, -0.2) is 51.9 Å². The predicted octanol–water partition coefficient (Wildman–Crippen LogP) is 4.46. The van der Waals surface area contributed by atoms with Crippen LogP contribution in [0.25, 0.3) is 33.7 Å². The molecule has 1 aliphatic heterocycles. The Hall–Kier alpha value is -3.78. The fourth-order valence-corrected chi connectivity index (χ4v) is 4.12. The summed E-state index contributed by atoms with van der Waals surface area (Å²) in [5.74, 6) is -0.948. The fourth-order valence-electron chi connectivity index (χ4n) is 4.12. The van der Waals surface area contributed by atoms with Gasteiger partial charge in [-0.1, -0.05) is 0 Å². The molecular formula is C26H23F2N5O. The van der Waals surface area contributed by atoms with E-state index in [-0.39, 0.29) is 17.5 Å². The van der Waals surface area contributed by atoms with Gasteiger partial charge in [0.25, 0.3) is 5.91 Å². The summed E-state index contributed by atoms with van der Waals surface area (Å²) in [5, 5.41) is 2.94. The minimum Gasteiger partial charge on any atom is -0.351 e. The molecule has 5 rings (SSSR count). The highest BCUT2D eigenvalue weighted by Gasteiger charge is 2.17. The molecule has 0 unspecified atom stereocenters. The number of hydrogen-bond donors (Lipinski definition) is 1. The summed E-state index contributed by atoms with van der Waals surface area (Å²) in [4.78, 5) is 28.8. The lowest BCUT2D eigenvalue weighted by molar-refractivity contribution is 0.0949. The lowest BCUT2D eigenvalue weighted by atomic mass is 10.0. The molecule has 2 aromatic heterocycles. The molecule has 0 bridgehead atoms. The molecule has 1 amide bonds. The van der Waals surface area contributed by atoms with Crippen molar-refractivity contribution in [3.05, 3.63) is 78.0 Å². The zero-order valence-corrected chi connectivity index (χ0v) is 18.5. The Morgan fingerprint density at radius 3 is 2.09 bits per heavy atom. The van der Waals surface area contributed by atoms with E-state index in [9.17, 15) is 13.6 Å². The second-order valence-corrected chi connectivity index (χ2v) is 8.31. The van der Waals surface area contributed by atoms with Crippen LogP contribution in [0.3, 0.4) is 0 Å². The molecule has 172 valence electrons. The number of fused-ring (bicyclic) bond motifs is 1. The number of halogens is 2. The van der Waals surface area contributed by atoms with Crippen LogP contribution < -0.4 is 5.32 Å². The van der Waals surface area contributed by atoms with Gasteiger partial charge in [-0.2, -0.15) is 0 Å². The van der Waals surface area contributed by atoms with E-state index < -0.39 is 0 Å². The molecule has 0 radical (unpaired) electrons. The van der Waals surface area contributed by atoms with E-state index in [2.05, 4.69) is 20.2 Å². The maximum Gasteiger partial charge on any atom is 0.252 e. The molecule has 34 heavy (non-hydrogen) atoms. The third-order valence-electron chi connectivity index (χ3n) is 5.93. The van der Waals surface area contributed by atoms with Gasteiger partial charge in [-0.25, -0.2) is 23.7 Å². The molecule has 6 nitrogen and oxygen atoms in total. The number of likely N-dealkylation sites (tertiary alicyclic amines) is 1. The molecule has 1 saturated heterocycles. The van der Waals surface area contributed by atoms with Gasteiger partial charge in [-0.05, 0) is 80.5 Å². The lowest BCUT2D eigenvalue weighted by Crippen LogP contribution is -2.33. The first-order valence-electron chi connectivity index (χ1n) is 11.3. The minimum absolute atomic E-state index is 0.221. The Morgan fingerprint density at radius 2 is 1.47 bits per heavy atom. The molecule has 3 heterocycles. The zero-order chi connectivity index (χ0) is 23.5. The van der Waals surface area contributed by atoms with Crippen LogP contribution in [0.15, 0.2) is 60.8 Å².